The Labute approximate surface area is 112 Å². The van der Waals surface area contributed by atoms with Crippen LogP contribution in [0.25, 0.3) is 0 Å². The number of amides is 1. The maximum atomic E-state index is 12.0. The van der Waals surface area contributed by atoms with Gasteiger partial charge in [-0.2, -0.15) is 4.98 Å². The number of hydrogen-bond donors (Lipinski definition) is 1. The SMILES string of the molecule is CCCc1noc(CCC(=O)N2CCC(O)CC2)n1. The van der Waals surface area contributed by atoms with E-state index in [1.165, 1.54) is 0 Å². The van der Waals surface area contributed by atoms with Gasteiger partial charge in [0.25, 0.3) is 0 Å². The van der Waals surface area contributed by atoms with Crippen molar-refractivity contribution in [2.75, 3.05) is 13.1 Å². The molecule has 1 aromatic rings. The third-order valence-electron chi connectivity index (χ3n) is 3.35. The van der Waals surface area contributed by atoms with E-state index in [1.807, 2.05) is 0 Å². The molecule has 1 aromatic heterocycles. The van der Waals surface area contributed by atoms with Gasteiger partial charge in [-0.25, -0.2) is 0 Å². The summed E-state index contributed by atoms with van der Waals surface area (Å²) in [5, 5.41) is 13.3. The summed E-state index contributed by atoms with van der Waals surface area (Å²) in [6, 6.07) is 0. The first-order chi connectivity index (χ1) is 9.19. The van der Waals surface area contributed by atoms with Crippen LogP contribution in [0.2, 0.25) is 0 Å². The smallest absolute Gasteiger partial charge is 0.227 e. The number of hydrogen-bond acceptors (Lipinski definition) is 5. The molecular formula is C13H21N3O3. The molecule has 0 atom stereocenters. The number of nitrogens with zero attached hydrogens (tertiary/aromatic N) is 3. The molecular weight excluding hydrogens is 246 g/mol. The first kappa shape index (κ1) is 14.0. The lowest BCUT2D eigenvalue weighted by Gasteiger charge is -2.29. The molecule has 1 aliphatic heterocycles. The molecule has 19 heavy (non-hydrogen) atoms. The molecule has 1 saturated heterocycles. The second-order valence-corrected chi connectivity index (χ2v) is 4.97. The average Bonchev–Trinajstić information content (AvgIpc) is 2.85. The molecule has 0 saturated carbocycles. The van der Waals surface area contributed by atoms with Crippen molar-refractivity contribution in [3.05, 3.63) is 11.7 Å². The molecule has 0 aromatic carbocycles. The number of rotatable bonds is 5. The summed E-state index contributed by atoms with van der Waals surface area (Å²) in [4.78, 5) is 18.0. The van der Waals surface area contributed by atoms with Gasteiger partial charge in [-0.05, 0) is 19.3 Å². The molecule has 0 unspecified atom stereocenters. The second kappa shape index (κ2) is 6.65. The molecule has 2 rings (SSSR count). The average molecular weight is 267 g/mol. The van der Waals surface area contributed by atoms with Crippen LogP contribution in [-0.4, -0.2) is 45.2 Å². The standard InChI is InChI=1S/C13H21N3O3/c1-2-3-11-14-12(19-15-11)4-5-13(18)16-8-6-10(17)7-9-16/h10,17H,2-9H2,1H3. The highest BCUT2D eigenvalue weighted by atomic mass is 16.5. The number of likely N-dealkylation sites (tertiary alicyclic amines) is 1. The predicted octanol–water partition coefficient (Wildman–Crippen LogP) is 0.938. The Hall–Kier alpha value is -1.43. The fourth-order valence-corrected chi connectivity index (χ4v) is 2.20. The number of aliphatic hydroxyl groups is 1. The van der Waals surface area contributed by atoms with Crippen LogP contribution in [-0.2, 0) is 17.6 Å². The summed E-state index contributed by atoms with van der Waals surface area (Å²) in [6.45, 7) is 3.35. The van der Waals surface area contributed by atoms with Crippen LogP contribution in [0.3, 0.4) is 0 Å². The molecule has 0 spiro atoms. The molecule has 0 bridgehead atoms. The highest BCUT2D eigenvalue weighted by Crippen LogP contribution is 2.12. The number of aliphatic hydroxyl groups excluding tert-OH is 1. The Morgan fingerprint density at radius 1 is 1.42 bits per heavy atom. The summed E-state index contributed by atoms with van der Waals surface area (Å²) < 4.78 is 5.10. The van der Waals surface area contributed by atoms with E-state index in [2.05, 4.69) is 17.1 Å². The third kappa shape index (κ3) is 4.02. The van der Waals surface area contributed by atoms with Crippen LogP contribution in [0.15, 0.2) is 4.52 Å². The summed E-state index contributed by atoms with van der Waals surface area (Å²) >= 11 is 0. The molecule has 6 heteroatoms. The topological polar surface area (TPSA) is 79.5 Å². The number of carbonyl (C=O) groups is 1. The van der Waals surface area contributed by atoms with Gasteiger partial charge in [0.05, 0.1) is 6.10 Å². The molecule has 1 aliphatic rings. The Bertz CT molecular complexity index is 411. The van der Waals surface area contributed by atoms with E-state index in [1.54, 1.807) is 4.90 Å². The normalized spacial score (nSPS) is 16.8. The molecule has 6 nitrogen and oxygen atoms in total. The van der Waals surface area contributed by atoms with Crippen LogP contribution >= 0.6 is 0 Å². The second-order valence-electron chi connectivity index (χ2n) is 4.97. The van der Waals surface area contributed by atoms with Crippen molar-refractivity contribution < 1.29 is 14.4 Å². The Kier molecular flexibility index (Phi) is 4.90. The lowest BCUT2D eigenvalue weighted by atomic mass is 10.1. The number of piperidine rings is 1. The zero-order valence-electron chi connectivity index (χ0n) is 11.3. The van der Waals surface area contributed by atoms with Crippen molar-refractivity contribution in [2.24, 2.45) is 0 Å². The number of carbonyl (C=O) groups excluding carboxylic acids is 1. The quantitative estimate of drug-likeness (QED) is 0.858. The van der Waals surface area contributed by atoms with Gasteiger partial charge in [0.1, 0.15) is 0 Å². The van der Waals surface area contributed by atoms with Gasteiger partial charge in [-0.15, -0.1) is 0 Å². The van der Waals surface area contributed by atoms with Crippen molar-refractivity contribution >= 4 is 5.91 Å². The molecule has 2 heterocycles. The Morgan fingerprint density at radius 3 is 2.84 bits per heavy atom. The van der Waals surface area contributed by atoms with Crippen molar-refractivity contribution in [3.63, 3.8) is 0 Å². The molecule has 1 amide bonds. The van der Waals surface area contributed by atoms with E-state index in [0.29, 0.717) is 50.5 Å². The highest BCUT2D eigenvalue weighted by Gasteiger charge is 2.21. The van der Waals surface area contributed by atoms with Crippen molar-refractivity contribution in [1.29, 1.82) is 0 Å². The van der Waals surface area contributed by atoms with Gasteiger partial charge in [-0.3, -0.25) is 4.79 Å². The maximum absolute atomic E-state index is 12.0. The van der Waals surface area contributed by atoms with Gasteiger partial charge in [0, 0.05) is 32.4 Å². The monoisotopic (exact) mass is 267 g/mol. The zero-order chi connectivity index (χ0) is 13.7. The van der Waals surface area contributed by atoms with Crippen LogP contribution < -0.4 is 0 Å². The molecule has 1 N–H and O–H groups in total. The molecule has 106 valence electrons. The number of aryl methyl sites for hydroxylation is 2. The van der Waals surface area contributed by atoms with Gasteiger partial charge in [0.15, 0.2) is 5.82 Å². The first-order valence-corrected chi connectivity index (χ1v) is 6.96. The molecule has 0 aliphatic carbocycles. The van der Waals surface area contributed by atoms with Crippen LogP contribution in [0.1, 0.15) is 44.3 Å². The lowest BCUT2D eigenvalue weighted by molar-refractivity contribution is -0.133. The van der Waals surface area contributed by atoms with E-state index < -0.39 is 0 Å². The summed E-state index contributed by atoms with van der Waals surface area (Å²) in [7, 11) is 0. The van der Waals surface area contributed by atoms with E-state index in [0.717, 1.165) is 12.8 Å². The van der Waals surface area contributed by atoms with Crippen LogP contribution in [0, 0.1) is 0 Å². The third-order valence-corrected chi connectivity index (χ3v) is 3.35. The number of aromatic nitrogens is 2. The van der Waals surface area contributed by atoms with Crippen molar-refractivity contribution in [3.8, 4) is 0 Å². The van der Waals surface area contributed by atoms with Gasteiger partial charge < -0.3 is 14.5 Å². The summed E-state index contributed by atoms with van der Waals surface area (Å²) in [6.07, 6.45) is 3.77. The fraction of sp³-hybridized carbons (Fsp3) is 0.769. The van der Waals surface area contributed by atoms with Gasteiger partial charge in [-0.1, -0.05) is 12.1 Å². The molecule has 0 radical (unpaired) electrons. The maximum Gasteiger partial charge on any atom is 0.227 e. The minimum Gasteiger partial charge on any atom is -0.393 e. The van der Waals surface area contributed by atoms with Crippen molar-refractivity contribution in [1.82, 2.24) is 15.0 Å². The predicted molar refractivity (Wildman–Crippen MR) is 68.4 cm³/mol. The zero-order valence-corrected chi connectivity index (χ0v) is 11.3. The molecule has 1 fully saturated rings. The van der Waals surface area contributed by atoms with E-state index >= 15 is 0 Å². The van der Waals surface area contributed by atoms with E-state index in [-0.39, 0.29) is 12.0 Å². The van der Waals surface area contributed by atoms with Gasteiger partial charge >= 0.3 is 0 Å². The van der Waals surface area contributed by atoms with Crippen LogP contribution in [0.4, 0.5) is 0 Å². The lowest BCUT2D eigenvalue weighted by Crippen LogP contribution is -2.40. The minimum atomic E-state index is -0.253. The van der Waals surface area contributed by atoms with Crippen LogP contribution in [0.5, 0.6) is 0 Å². The largest absolute Gasteiger partial charge is 0.393 e. The Balaban J connectivity index is 1.76. The summed E-state index contributed by atoms with van der Waals surface area (Å²) in [5.74, 6) is 1.35. The Morgan fingerprint density at radius 2 is 2.16 bits per heavy atom. The first-order valence-electron chi connectivity index (χ1n) is 6.96. The van der Waals surface area contributed by atoms with Crippen molar-refractivity contribution in [2.45, 2.75) is 51.6 Å². The fourth-order valence-electron chi connectivity index (χ4n) is 2.20. The van der Waals surface area contributed by atoms with Gasteiger partial charge in [0.2, 0.25) is 11.8 Å². The van der Waals surface area contributed by atoms with E-state index in [4.69, 9.17) is 4.52 Å². The summed E-state index contributed by atoms with van der Waals surface area (Å²) in [5.41, 5.74) is 0. The highest BCUT2D eigenvalue weighted by molar-refractivity contribution is 5.76. The minimum absolute atomic E-state index is 0.0992. The van der Waals surface area contributed by atoms with E-state index in [9.17, 15) is 9.90 Å².